The molecule has 0 amide bonds. The summed E-state index contributed by atoms with van der Waals surface area (Å²) in [5.74, 6) is 4.96. The summed E-state index contributed by atoms with van der Waals surface area (Å²) in [7, 11) is 10.4. The predicted molar refractivity (Wildman–Crippen MR) is 238 cm³/mol. The number of fused-ring (bicyclic) bond motifs is 2. The number of rotatable bonds is 12. The zero-order valence-corrected chi connectivity index (χ0v) is 38.5. The van der Waals surface area contributed by atoms with Gasteiger partial charge < -0.3 is 47.4 Å². The fourth-order valence-electron chi connectivity index (χ4n) is 7.21. The number of benzene rings is 4. The molecule has 12 nitrogen and oxygen atoms in total. The van der Waals surface area contributed by atoms with Crippen molar-refractivity contribution >= 4 is 31.0 Å². The lowest BCUT2D eigenvalue weighted by Gasteiger charge is -2.37. The van der Waals surface area contributed by atoms with Crippen LogP contribution in [0.4, 0.5) is 0 Å². The average Bonchev–Trinajstić information content (AvgIpc) is 3.51. The summed E-state index contributed by atoms with van der Waals surface area (Å²) in [5, 5.41) is 10.2. The van der Waals surface area contributed by atoms with Crippen molar-refractivity contribution in [3.8, 4) is 57.5 Å². The van der Waals surface area contributed by atoms with Crippen molar-refractivity contribution in [3.05, 3.63) is 94.1 Å². The van der Waals surface area contributed by atoms with Crippen LogP contribution in [0, 0.1) is 0 Å². The molecular weight excluding hydrogens is 797 g/mol. The number of phenolic OH excluding ortho intramolecular Hbond substituents is 1. The van der Waals surface area contributed by atoms with Crippen LogP contribution in [-0.2, 0) is 22.4 Å². The number of ketones is 2. The quantitative estimate of drug-likeness (QED) is 0.136. The number of hydrogen-bond acceptors (Lipinski definition) is 12. The van der Waals surface area contributed by atoms with Crippen LogP contribution >= 0.6 is 0 Å². The minimum absolute atomic E-state index is 0.00147. The molecule has 0 atom stereocenters. The third kappa shape index (κ3) is 9.46. The molecular formula is C48H58O12Si. The van der Waals surface area contributed by atoms with E-state index in [-0.39, 0.29) is 22.4 Å². The molecule has 4 aromatic carbocycles. The molecule has 13 heteroatoms. The summed E-state index contributed by atoms with van der Waals surface area (Å²) in [6, 6.07) is 14.6. The van der Waals surface area contributed by atoms with Gasteiger partial charge in [-0.3, -0.25) is 9.59 Å². The normalized spacial score (nSPS) is 13.7. The number of carbonyl (C=O) groups is 2. The van der Waals surface area contributed by atoms with Crippen LogP contribution < -0.4 is 42.3 Å². The summed E-state index contributed by atoms with van der Waals surface area (Å²) in [4.78, 5) is 25.2. The van der Waals surface area contributed by atoms with E-state index < -0.39 is 8.32 Å². The van der Waals surface area contributed by atoms with Crippen molar-refractivity contribution in [3.63, 3.8) is 0 Å². The van der Waals surface area contributed by atoms with E-state index in [2.05, 4.69) is 33.9 Å². The van der Waals surface area contributed by atoms with Crippen LogP contribution in [0.25, 0.3) is 11.1 Å². The molecule has 0 fully saturated rings. The monoisotopic (exact) mass is 854 g/mol. The first kappa shape index (κ1) is 46.0. The van der Waals surface area contributed by atoms with Gasteiger partial charge in [0.05, 0.1) is 56.9 Å². The molecule has 0 bridgehead atoms. The Morgan fingerprint density at radius 1 is 0.492 bits per heavy atom. The second kappa shape index (κ2) is 19.1. The average molecular weight is 855 g/mol. The van der Waals surface area contributed by atoms with E-state index in [1.54, 1.807) is 80.1 Å². The first-order chi connectivity index (χ1) is 29.0. The molecule has 6 rings (SSSR count). The van der Waals surface area contributed by atoms with E-state index in [1.165, 1.54) is 7.11 Å². The van der Waals surface area contributed by atoms with Crippen LogP contribution in [-0.4, -0.2) is 81.9 Å². The number of phenols is 1. The number of methoxy groups -OCH3 is 8. The smallest absolute Gasteiger partial charge is 0.250 e. The molecule has 0 saturated heterocycles. The van der Waals surface area contributed by atoms with Crippen LogP contribution in [0.15, 0.2) is 60.7 Å². The maximum Gasteiger partial charge on any atom is 0.250 e. The van der Waals surface area contributed by atoms with Gasteiger partial charge in [-0.05, 0) is 113 Å². The summed E-state index contributed by atoms with van der Waals surface area (Å²) >= 11 is 0. The Balaban J connectivity index is 0.000000237. The third-order valence-corrected chi connectivity index (χ3v) is 15.8. The maximum absolute atomic E-state index is 12.8. The molecule has 0 saturated carbocycles. The Hall–Kier alpha value is -6.08. The second-order valence-corrected chi connectivity index (χ2v) is 20.7. The highest BCUT2D eigenvalue weighted by Gasteiger charge is 2.40. The highest BCUT2D eigenvalue weighted by Crippen LogP contribution is 2.49. The molecule has 0 radical (unpaired) electrons. The van der Waals surface area contributed by atoms with E-state index in [0.717, 1.165) is 33.4 Å². The molecule has 0 spiro atoms. The minimum Gasteiger partial charge on any atom is -0.541 e. The van der Waals surface area contributed by atoms with Crippen molar-refractivity contribution in [1.82, 2.24) is 0 Å². The second-order valence-electron chi connectivity index (χ2n) is 16.0. The Kier molecular flexibility index (Phi) is 14.4. The lowest BCUT2D eigenvalue weighted by atomic mass is 9.92. The highest BCUT2D eigenvalue weighted by atomic mass is 28.4. The molecule has 2 aliphatic carbocycles. The van der Waals surface area contributed by atoms with Gasteiger partial charge in [0.2, 0.25) is 11.5 Å². The predicted octanol–water partition coefficient (Wildman–Crippen LogP) is 9.43. The van der Waals surface area contributed by atoms with Crippen molar-refractivity contribution in [2.24, 2.45) is 0 Å². The number of hydrogen-bond donors (Lipinski definition) is 1. The summed E-state index contributed by atoms with van der Waals surface area (Å²) in [5.41, 5.74) is 6.50. The molecule has 1 N–H and O–H groups in total. The minimum atomic E-state index is -2.13. The van der Waals surface area contributed by atoms with Gasteiger partial charge >= 0.3 is 0 Å². The lowest BCUT2D eigenvalue weighted by Crippen LogP contribution is -2.43. The summed E-state index contributed by atoms with van der Waals surface area (Å²) in [6.45, 7) is 11.0. The van der Waals surface area contributed by atoms with Gasteiger partial charge in [-0.25, -0.2) is 0 Å². The molecule has 326 valence electrons. The fourth-order valence-corrected chi connectivity index (χ4v) is 8.23. The molecule has 0 aromatic heterocycles. The van der Waals surface area contributed by atoms with Crippen molar-refractivity contribution < 1.29 is 57.0 Å². The van der Waals surface area contributed by atoms with E-state index >= 15 is 0 Å². The maximum atomic E-state index is 12.8. The van der Waals surface area contributed by atoms with E-state index in [1.807, 2.05) is 30.3 Å². The van der Waals surface area contributed by atoms with Gasteiger partial charge in [-0.15, -0.1) is 0 Å². The summed E-state index contributed by atoms with van der Waals surface area (Å²) < 4.78 is 50.8. The van der Waals surface area contributed by atoms with E-state index in [4.69, 9.17) is 42.3 Å². The van der Waals surface area contributed by atoms with Crippen molar-refractivity contribution in [2.75, 3.05) is 56.9 Å². The van der Waals surface area contributed by atoms with Gasteiger partial charge in [0.15, 0.2) is 51.8 Å². The highest BCUT2D eigenvalue weighted by molar-refractivity contribution is 6.74. The van der Waals surface area contributed by atoms with Crippen LogP contribution in [0.3, 0.4) is 0 Å². The number of carbonyl (C=O) groups excluding carboxylic acids is 2. The third-order valence-electron chi connectivity index (χ3n) is 11.4. The van der Waals surface area contributed by atoms with Crippen LogP contribution in [0.2, 0.25) is 18.1 Å². The van der Waals surface area contributed by atoms with Crippen molar-refractivity contribution in [1.29, 1.82) is 0 Å². The Bertz CT molecular complexity index is 2350. The molecule has 0 unspecified atom stereocenters. The topological polar surface area (TPSA) is 137 Å². The molecule has 4 aromatic rings. The Morgan fingerprint density at radius 2 is 0.902 bits per heavy atom. The van der Waals surface area contributed by atoms with Crippen LogP contribution in [0.5, 0.6) is 57.5 Å². The molecule has 2 aliphatic rings. The van der Waals surface area contributed by atoms with Crippen molar-refractivity contribution in [2.45, 2.75) is 64.6 Å². The first-order valence-corrected chi connectivity index (χ1v) is 22.8. The standard InChI is InChI=1S/C27H36O6Si.C21H22O6/c1-27(2,3)34(8,9)33-23-14-17(10-13-22(23)29-4)20-15-18(28)11-12-19-21(20)16-24(30-5)26(32-7)25(19)31-6;1-24-18-8-5-12(9-17(18)23)15-10-13(22)6-7-14-16(15)11-19(25-2)21(27-4)20(14)26-3/h10,13-16H,11-12H2,1-9H3;5,8-11,23H,6-7H2,1-4H3. The van der Waals surface area contributed by atoms with Gasteiger partial charge in [0.25, 0.3) is 8.32 Å². The van der Waals surface area contributed by atoms with Gasteiger partial charge in [0, 0.05) is 24.0 Å². The van der Waals surface area contributed by atoms with Crippen LogP contribution in [0.1, 0.15) is 67.0 Å². The zero-order valence-electron chi connectivity index (χ0n) is 37.5. The molecule has 61 heavy (non-hydrogen) atoms. The van der Waals surface area contributed by atoms with Gasteiger partial charge in [-0.2, -0.15) is 0 Å². The Labute approximate surface area is 360 Å². The van der Waals surface area contributed by atoms with E-state index in [0.29, 0.717) is 88.6 Å². The summed E-state index contributed by atoms with van der Waals surface area (Å²) in [6.07, 6.45) is 5.09. The van der Waals surface area contributed by atoms with E-state index in [9.17, 15) is 14.7 Å². The largest absolute Gasteiger partial charge is 0.541 e. The molecule has 0 aliphatic heterocycles. The first-order valence-electron chi connectivity index (χ1n) is 19.9. The lowest BCUT2D eigenvalue weighted by molar-refractivity contribution is -0.115. The SMILES string of the molecule is COc1ccc(C2=CC(=O)CCc3c2cc(OC)c(OC)c3OC)cc1O.COc1ccc(C2=CC(=O)CCc3c2cc(OC)c(OC)c3OC)cc1O[Si](C)(C)C(C)(C)C. The van der Waals surface area contributed by atoms with Gasteiger partial charge in [0.1, 0.15) is 5.75 Å². The zero-order chi connectivity index (χ0) is 44.8. The molecule has 0 heterocycles. The number of allylic oxidation sites excluding steroid dienone is 2. The number of ether oxygens (including phenoxy) is 8. The Morgan fingerprint density at radius 3 is 1.28 bits per heavy atom. The number of aromatic hydroxyl groups is 1. The van der Waals surface area contributed by atoms with Gasteiger partial charge in [-0.1, -0.05) is 32.9 Å². The fraction of sp³-hybridized carbons (Fsp3) is 0.375.